The van der Waals surface area contributed by atoms with Crippen LogP contribution >= 0.6 is 0 Å². The van der Waals surface area contributed by atoms with E-state index in [0.29, 0.717) is 24.1 Å². The van der Waals surface area contributed by atoms with E-state index in [1.165, 1.54) is 0 Å². The minimum Gasteiger partial charge on any atom is -0.497 e. The van der Waals surface area contributed by atoms with E-state index < -0.39 is 0 Å². The molecule has 0 bridgehead atoms. The quantitative estimate of drug-likeness (QED) is 0.415. The van der Waals surface area contributed by atoms with Crippen molar-refractivity contribution >= 4 is 16.7 Å². The van der Waals surface area contributed by atoms with Crippen LogP contribution in [0, 0.1) is 0 Å². The Labute approximate surface area is 177 Å². The number of aromatic nitrogens is 6. The van der Waals surface area contributed by atoms with Crippen molar-refractivity contribution in [2.45, 2.75) is 6.42 Å². The van der Waals surface area contributed by atoms with Crippen LogP contribution in [-0.2, 0) is 6.42 Å². The summed E-state index contributed by atoms with van der Waals surface area (Å²) in [6.07, 6.45) is 4.27. The SMILES string of the molecule is COc1ccc(-c2nnc(-c3nc(NCCc4cnc[nH]4)c4ccccc4n3)o2)cc1. The van der Waals surface area contributed by atoms with E-state index in [2.05, 4.69) is 35.5 Å². The van der Waals surface area contributed by atoms with Crippen LogP contribution in [0.4, 0.5) is 5.82 Å². The summed E-state index contributed by atoms with van der Waals surface area (Å²) in [5.74, 6) is 2.49. The number of benzene rings is 2. The van der Waals surface area contributed by atoms with E-state index in [-0.39, 0.29) is 5.89 Å². The van der Waals surface area contributed by atoms with Crippen LogP contribution in [0.1, 0.15) is 5.69 Å². The molecule has 0 aliphatic heterocycles. The van der Waals surface area contributed by atoms with Gasteiger partial charge in [-0.25, -0.2) is 15.0 Å². The number of fused-ring (bicyclic) bond motifs is 1. The number of H-pyrrole nitrogens is 1. The molecule has 2 N–H and O–H groups in total. The number of rotatable bonds is 7. The van der Waals surface area contributed by atoms with Gasteiger partial charge in [0.2, 0.25) is 11.7 Å². The molecule has 0 spiro atoms. The molecule has 0 saturated heterocycles. The van der Waals surface area contributed by atoms with E-state index >= 15 is 0 Å². The number of hydrogen-bond acceptors (Lipinski definition) is 8. The number of hydrogen-bond donors (Lipinski definition) is 2. The second-order valence-corrected chi connectivity index (χ2v) is 6.81. The molecule has 0 radical (unpaired) electrons. The Morgan fingerprint density at radius 1 is 1.00 bits per heavy atom. The number of para-hydroxylation sites is 1. The van der Waals surface area contributed by atoms with Crippen molar-refractivity contribution in [2.24, 2.45) is 0 Å². The normalized spacial score (nSPS) is 11.0. The molecule has 0 saturated carbocycles. The van der Waals surface area contributed by atoms with Crippen LogP contribution in [0.3, 0.4) is 0 Å². The second kappa shape index (κ2) is 8.23. The zero-order valence-electron chi connectivity index (χ0n) is 16.7. The maximum atomic E-state index is 5.87. The van der Waals surface area contributed by atoms with Gasteiger partial charge in [0.15, 0.2) is 0 Å². The van der Waals surface area contributed by atoms with Crippen molar-refractivity contribution in [3.63, 3.8) is 0 Å². The van der Waals surface area contributed by atoms with Crippen molar-refractivity contribution in [2.75, 3.05) is 19.0 Å². The first-order chi connectivity index (χ1) is 15.3. The lowest BCUT2D eigenvalue weighted by atomic mass is 10.2. The Balaban J connectivity index is 1.44. The molecule has 0 unspecified atom stereocenters. The molecular weight excluding hydrogens is 394 g/mol. The smallest absolute Gasteiger partial charge is 0.286 e. The largest absolute Gasteiger partial charge is 0.497 e. The van der Waals surface area contributed by atoms with Gasteiger partial charge >= 0.3 is 0 Å². The third-order valence-electron chi connectivity index (χ3n) is 4.80. The highest BCUT2D eigenvalue weighted by molar-refractivity contribution is 5.90. The molecule has 0 aliphatic rings. The summed E-state index contributed by atoms with van der Waals surface area (Å²) in [6, 6.07) is 15.2. The summed E-state index contributed by atoms with van der Waals surface area (Å²) in [6.45, 7) is 0.684. The molecule has 2 aromatic carbocycles. The number of nitrogens with zero attached hydrogens (tertiary/aromatic N) is 5. The average Bonchev–Trinajstić information content (AvgIpc) is 3.52. The van der Waals surface area contributed by atoms with Gasteiger partial charge in [-0.2, -0.15) is 0 Å². The maximum Gasteiger partial charge on any atom is 0.286 e. The molecule has 5 rings (SSSR count). The van der Waals surface area contributed by atoms with Crippen molar-refractivity contribution in [3.05, 3.63) is 66.7 Å². The van der Waals surface area contributed by atoms with Crippen LogP contribution in [0.25, 0.3) is 34.1 Å². The lowest BCUT2D eigenvalue weighted by molar-refractivity contribution is 0.415. The monoisotopic (exact) mass is 413 g/mol. The Morgan fingerprint density at radius 3 is 2.65 bits per heavy atom. The van der Waals surface area contributed by atoms with Crippen molar-refractivity contribution in [3.8, 4) is 28.9 Å². The standard InChI is InChI=1S/C22H19N7O2/c1-30-16-8-6-14(7-9-16)21-28-29-22(31-21)20-26-18-5-3-2-4-17(18)19(27-20)24-11-10-15-12-23-13-25-15/h2-9,12-13H,10-11H2,1H3,(H,23,25)(H,24,26,27). The lowest BCUT2D eigenvalue weighted by Crippen LogP contribution is -2.08. The van der Waals surface area contributed by atoms with E-state index in [0.717, 1.165) is 34.3 Å². The molecule has 9 nitrogen and oxygen atoms in total. The zero-order valence-corrected chi connectivity index (χ0v) is 16.7. The van der Waals surface area contributed by atoms with Gasteiger partial charge in [-0.1, -0.05) is 12.1 Å². The van der Waals surface area contributed by atoms with Gasteiger partial charge in [0.1, 0.15) is 11.6 Å². The first kappa shape index (κ1) is 18.7. The Morgan fingerprint density at radius 2 is 1.84 bits per heavy atom. The Hall–Kier alpha value is -4.27. The lowest BCUT2D eigenvalue weighted by Gasteiger charge is -2.09. The van der Waals surface area contributed by atoms with Crippen LogP contribution in [0.5, 0.6) is 5.75 Å². The van der Waals surface area contributed by atoms with E-state index in [4.69, 9.17) is 9.15 Å². The highest BCUT2D eigenvalue weighted by Crippen LogP contribution is 2.27. The predicted octanol–water partition coefficient (Wildman–Crippen LogP) is 3.73. The van der Waals surface area contributed by atoms with Gasteiger partial charge < -0.3 is 19.5 Å². The Bertz CT molecular complexity index is 1300. The van der Waals surface area contributed by atoms with Crippen LogP contribution < -0.4 is 10.1 Å². The number of aromatic amines is 1. The fourth-order valence-electron chi connectivity index (χ4n) is 3.21. The fraction of sp³-hybridized carbons (Fsp3) is 0.136. The topological polar surface area (TPSA) is 115 Å². The van der Waals surface area contributed by atoms with E-state index in [9.17, 15) is 0 Å². The molecule has 0 fully saturated rings. The van der Waals surface area contributed by atoms with Crippen molar-refractivity contribution < 1.29 is 9.15 Å². The Kier molecular flexibility index (Phi) is 4.97. The number of nitrogens with one attached hydrogen (secondary N) is 2. The number of ether oxygens (including phenoxy) is 1. The highest BCUT2D eigenvalue weighted by Gasteiger charge is 2.16. The summed E-state index contributed by atoms with van der Waals surface area (Å²) < 4.78 is 11.1. The van der Waals surface area contributed by atoms with Gasteiger partial charge in [0.25, 0.3) is 5.89 Å². The zero-order chi connectivity index (χ0) is 21.0. The molecule has 5 aromatic rings. The summed E-state index contributed by atoms with van der Waals surface area (Å²) in [4.78, 5) is 16.4. The van der Waals surface area contributed by atoms with E-state index in [1.807, 2.05) is 54.7 Å². The van der Waals surface area contributed by atoms with Crippen LogP contribution in [0.15, 0.2) is 65.5 Å². The molecule has 154 valence electrons. The van der Waals surface area contributed by atoms with Gasteiger partial charge in [-0.3, -0.25) is 0 Å². The van der Waals surface area contributed by atoms with Crippen molar-refractivity contribution in [1.29, 1.82) is 0 Å². The molecule has 3 aromatic heterocycles. The van der Waals surface area contributed by atoms with E-state index in [1.54, 1.807) is 13.4 Å². The molecule has 31 heavy (non-hydrogen) atoms. The molecule has 0 aliphatic carbocycles. The van der Waals surface area contributed by atoms with Crippen LogP contribution in [-0.4, -0.2) is 43.8 Å². The molecule has 3 heterocycles. The van der Waals surface area contributed by atoms with Gasteiger partial charge in [-0.15, -0.1) is 10.2 Å². The third kappa shape index (κ3) is 3.93. The third-order valence-corrected chi connectivity index (χ3v) is 4.80. The summed E-state index contributed by atoms with van der Waals surface area (Å²) >= 11 is 0. The van der Waals surface area contributed by atoms with Gasteiger partial charge in [-0.05, 0) is 36.4 Å². The fourth-order valence-corrected chi connectivity index (χ4v) is 3.21. The minimum absolute atomic E-state index is 0.258. The van der Waals surface area contributed by atoms with Crippen molar-refractivity contribution in [1.82, 2.24) is 30.1 Å². The number of imidazole rings is 1. The molecular formula is C22H19N7O2. The van der Waals surface area contributed by atoms with Gasteiger partial charge in [0, 0.05) is 35.8 Å². The number of methoxy groups -OCH3 is 1. The maximum absolute atomic E-state index is 5.87. The first-order valence-corrected chi connectivity index (χ1v) is 9.76. The van der Waals surface area contributed by atoms with Crippen LogP contribution in [0.2, 0.25) is 0 Å². The van der Waals surface area contributed by atoms with Gasteiger partial charge in [0.05, 0.1) is 19.0 Å². The molecule has 0 amide bonds. The summed E-state index contributed by atoms with van der Waals surface area (Å²) in [7, 11) is 1.62. The second-order valence-electron chi connectivity index (χ2n) is 6.81. The predicted molar refractivity (Wildman–Crippen MR) is 116 cm³/mol. The molecule has 0 atom stereocenters. The first-order valence-electron chi connectivity index (χ1n) is 9.76. The molecule has 9 heteroatoms. The number of anilines is 1. The summed E-state index contributed by atoms with van der Waals surface area (Å²) in [5.41, 5.74) is 2.63. The average molecular weight is 413 g/mol. The minimum atomic E-state index is 0.258. The summed E-state index contributed by atoms with van der Waals surface area (Å²) in [5, 5.41) is 12.6. The highest BCUT2D eigenvalue weighted by atomic mass is 16.5.